The molecule has 2 rings (SSSR count). The van der Waals surface area contributed by atoms with Crippen LogP contribution in [0.1, 0.15) is 6.92 Å². The summed E-state index contributed by atoms with van der Waals surface area (Å²) in [6.45, 7) is 2.30. The Kier molecular flexibility index (Phi) is 5.28. The molecule has 0 unspecified atom stereocenters. The van der Waals surface area contributed by atoms with Crippen LogP contribution in [0.4, 0.5) is 9.93 Å². The van der Waals surface area contributed by atoms with E-state index in [-0.39, 0.29) is 12.5 Å². The van der Waals surface area contributed by atoms with Gasteiger partial charge in [0.25, 0.3) is 0 Å². The molecule has 110 valence electrons. The molecule has 0 aliphatic carbocycles. The summed E-state index contributed by atoms with van der Waals surface area (Å²) < 4.78 is 0. The average Bonchev–Trinajstić information content (AvgIpc) is 2.95. The highest BCUT2D eigenvalue weighted by Gasteiger charge is 2.08. The molecule has 0 bridgehead atoms. The fourth-order valence-electron chi connectivity index (χ4n) is 1.63. The molecule has 0 radical (unpaired) electrons. The Morgan fingerprint density at radius 2 is 1.95 bits per heavy atom. The maximum absolute atomic E-state index is 11.6. The SMILES string of the molecule is CCNC(=O)CNC(=O)Nc1ncc(-c2ccccc2)s1. The molecule has 0 atom stereocenters. The second kappa shape index (κ2) is 7.39. The van der Waals surface area contributed by atoms with E-state index in [2.05, 4.69) is 20.9 Å². The highest BCUT2D eigenvalue weighted by molar-refractivity contribution is 7.19. The van der Waals surface area contributed by atoms with Crippen molar-refractivity contribution in [2.75, 3.05) is 18.4 Å². The van der Waals surface area contributed by atoms with E-state index >= 15 is 0 Å². The molecule has 0 aliphatic rings. The Bertz CT molecular complexity index is 612. The van der Waals surface area contributed by atoms with E-state index in [4.69, 9.17) is 0 Å². The van der Waals surface area contributed by atoms with Crippen LogP contribution >= 0.6 is 11.3 Å². The van der Waals surface area contributed by atoms with Gasteiger partial charge in [-0.25, -0.2) is 9.78 Å². The Morgan fingerprint density at radius 1 is 1.19 bits per heavy atom. The molecule has 7 heteroatoms. The van der Waals surface area contributed by atoms with Crippen molar-refractivity contribution in [2.45, 2.75) is 6.92 Å². The van der Waals surface area contributed by atoms with E-state index in [1.165, 1.54) is 11.3 Å². The maximum Gasteiger partial charge on any atom is 0.321 e. The molecule has 0 spiro atoms. The monoisotopic (exact) mass is 304 g/mol. The number of nitrogens with zero attached hydrogens (tertiary/aromatic N) is 1. The minimum absolute atomic E-state index is 0.0589. The zero-order valence-electron chi connectivity index (χ0n) is 11.6. The van der Waals surface area contributed by atoms with Crippen LogP contribution in [0, 0.1) is 0 Å². The fourth-order valence-corrected chi connectivity index (χ4v) is 2.45. The van der Waals surface area contributed by atoms with Gasteiger partial charge in [-0.05, 0) is 12.5 Å². The number of anilines is 1. The molecule has 1 heterocycles. The standard InChI is InChI=1S/C14H16N4O2S/c1-2-15-12(19)9-16-13(20)18-14-17-8-11(21-14)10-6-4-3-5-7-10/h3-8H,2,9H2,1H3,(H,15,19)(H2,16,17,18,20). The zero-order chi connectivity index (χ0) is 15.1. The number of thiazole rings is 1. The van der Waals surface area contributed by atoms with Crippen molar-refractivity contribution in [3.63, 3.8) is 0 Å². The third-order valence-corrected chi connectivity index (χ3v) is 3.53. The molecule has 3 N–H and O–H groups in total. The van der Waals surface area contributed by atoms with Crippen molar-refractivity contribution in [1.82, 2.24) is 15.6 Å². The lowest BCUT2D eigenvalue weighted by atomic mass is 10.2. The van der Waals surface area contributed by atoms with Crippen molar-refractivity contribution < 1.29 is 9.59 Å². The summed E-state index contributed by atoms with van der Waals surface area (Å²) in [4.78, 5) is 28.0. The summed E-state index contributed by atoms with van der Waals surface area (Å²) in [6, 6.07) is 9.34. The first-order valence-corrected chi connectivity index (χ1v) is 7.33. The van der Waals surface area contributed by atoms with Crippen molar-refractivity contribution >= 4 is 28.4 Å². The van der Waals surface area contributed by atoms with Gasteiger partial charge in [0.1, 0.15) is 0 Å². The molecule has 0 aliphatic heterocycles. The number of benzene rings is 1. The van der Waals surface area contributed by atoms with Gasteiger partial charge in [0.05, 0.1) is 11.4 Å². The Hall–Kier alpha value is -2.41. The third kappa shape index (κ3) is 4.57. The molecule has 0 fully saturated rings. The Balaban J connectivity index is 1.88. The first-order valence-electron chi connectivity index (χ1n) is 6.52. The molecular formula is C14H16N4O2S. The average molecular weight is 304 g/mol. The van der Waals surface area contributed by atoms with E-state index in [1.807, 2.05) is 37.3 Å². The first kappa shape index (κ1) is 15.0. The van der Waals surface area contributed by atoms with Crippen LogP contribution in [0.2, 0.25) is 0 Å². The molecule has 1 aromatic heterocycles. The van der Waals surface area contributed by atoms with Gasteiger partial charge < -0.3 is 10.6 Å². The number of amides is 3. The number of rotatable bonds is 5. The number of carbonyl (C=O) groups excluding carboxylic acids is 2. The maximum atomic E-state index is 11.6. The van der Waals surface area contributed by atoms with Crippen LogP contribution in [0.3, 0.4) is 0 Å². The second-order valence-electron chi connectivity index (χ2n) is 4.16. The lowest BCUT2D eigenvalue weighted by Gasteiger charge is -2.05. The van der Waals surface area contributed by atoms with Crippen molar-refractivity contribution in [3.05, 3.63) is 36.5 Å². The van der Waals surface area contributed by atoms with Crippen molar-refractivity contribution in [3.8, 4) is 10.4 Å². The summed E-state index contributed by atoms with van der Waals surface area (Å²) in [6.07, 6.45) is 1.71. The number of carbonyl (C=O) groups is 2. The van der Waals surface area contributed by atoms with Crippen LogP contribution in [-0.4, -0.2) is 30.0 Å². The molecule has 2 aromatic rings. The van der Waals surface area contributed by atoms with Gasteiger partial charge in [0, 0.05) is 12.7 Å². The Morgan fingerprint density at radius 3 is 2.67 bits per heavy atom. The summed E-state index contributed by atoms with van der Waals surface area (Å²) in [5.41, 5.74) is 1.05. The molecule has 3 amide bonds. The largest absolute Gasteiger partial charge is 0.355 e. The lowest BCUT2D eigenvalue weighted by Crippen LogP contribution is -2.38. The van der Waals surface area contributed by atoms with Crippen LogP contribution in [-0.2, 0) is 4.79 Å². The molecule has 21 heavy (non-hydrogen) atoms. The summed E-state index contributed by atoms with van der Waals surface area (Å²) in [5.74, 6) is -0.225. The van der Waals surface area contributed by atoms with Gasteiger partial charge in [-0.3, -0.25) is 10.1 Å². The van der Waals surface area contributed by atoms with Gasteiger partial charge in [-0.1, -0.05) is 41.7 Å². The highest BCUT2D eigenvalue weighted by Crippen LogP contribution is 2.28. The van der Waals surface area contributed by atoms with Gasteiger partial charge in [-0.2, -0.15) is 0 Å². The predicted molar refractivity (Wildman–Crippen MR) is 83.3 cm³/mol. The molecule has 0 saturated heterocycles. The van der Waals surface area contributed by atoms with Crippen molar-refractivity contribution in [2.24, 2.45) is 0 Å². The molecular weight excluding hydrogens is 288 g/mol. The molecule has 1 aromatic carbocycles. The number of hydrogen-bond acceptors (Lipinski definition) is 4. The predicted octanol–water partition coefficient (Wildman–Crippen LogP) is 2.07. The van der Waals surface area contributed by atoms with E-state index < -0.39 is 6.03 Å². The topological polar surface area (TPSA) is 83.1 Å². The smallest absolute Gasteiger partial charge is 0.321 e. The molecule has 0 saturated carbocycles. The van der Waals surface area contributed by atoms with Crippen molar-refractivity contribution in [1.29, 1.82) is 0 Å². The van der Waals surface area contributed by atoms with Gasteiger partial charge in [-0.15, -0.1) is 0 Å². The van der Waals surface area contributed by atoms with Gasteiger partial charge >= 0.3 is 6.03 Å². The Labute approximate surface area is 126 Å². The van der Waals surface area contributed by atoms with E-state index in [0.29, 0.717) is 11.7 Å². The normalized spacial score (nSPS) is 9.95. The lowest BCUT2D eigenvalue weighted by molar-refractivity contribution is -0.119. The fraction of sp³-hybridized carbons (Fsp3) is 0.214. The minimum atomic E-state index is -0.449. The van der Waals surface area contributed by atoms with Crippen LogP contribution < -0.4 is 16.0 Å². The van der Waals surface area contributed by atoms with E-state index in [0.717, 1.165) is 10.4 Å². The van der Waals surface area contributed by atoms with Crippen LogP contribution in [0.15, 0.2) is 36.5 Å². The first-order chi connectivity index (χ1) is 10.2. The van der Waals surface area contributed by atoms with E-state index in [9.17, 15) is 9.59 Å². The number of urea groups is 1. The molecule has 6 nitrogen and oxygen atoms in total. The summed E-state index contributed by atoms with van der Waals surface area (Å²) in [7, 11) is 0. The number of hydrogen-bond donors (Lipinski definition) is 3. The van der Waals surface area contributed by atoms with Crippen LogP contribution in [0.25, 0.3) is 10.4 Å². The quantitative estimate of drug-likeness (QED) is 0.790. The summed E-state index contributed by atoms with van der Waals surface area (Å²) in [5, 5.41) is 8.16. The summed E-state index contributed by atoms with van der Waals surface area (Å²) >= 11 is 1.38. The zero-order valence-corrected chi connectivity index (χ0v) is 12.4. The third-order valence-electron chi connectivity index (χ3n) is 2.57. The van der Waals surface area contributed by atoms with E-state index in [1.54, 1.807) is 6.20 Å². The number of likely N-dealkylation sites (N-methyl/N-ethyl adjacent to an activating group) is 1. The minimum Gasteiger partial charge on any atom is -0.355 e. The number of aromatic nitrogens is 1. The van der Waals surface area contributed by atoms with Gasteiger partial charge in [0.2, 0.25) is 5.91 Å². The number of nitrogens with one attached hydrogen (secondary N) is 3. The highest BCUT2D eigenvalue weighted by atomic mass is 32.1. The van der Waals surface area contributed by atoms with Crippen LogP contribution in [0.5, 0.6) is 0 Å². The van der Waals surface area contributed by atoms with Gasteiger partial charge in [0.15, 0.2) is 5.13 Å². The second-order valence-corrected chi connectivity index (χ2v) is 5.19.